The molecule has 0 bridgehead atoms. The van der Waals surface area contributed by atoms with Crippen molar-refractivity contribution >= 4 is 17.6 Å². The van der Waals surface area contributed by atoms with Gasteiger partial charge in [0.1, 0.15) is 5.82 Å². The number of hydrogen-bond acceptors (Lipinski definition) is 2. The normalized spacial score (nSPS) is 12.1. The van der Waals surface area contributed by atoms with Crippen LogP contribution in [0.4, 0.5) is 0 Å². The number of aliphatic carboxylic acids is 1. The van der Waals surface area contributed by atoms with Crippen molar-refractivity contribution in [2.24, 2.45) is 5.92 Å². The van der Waals surface area contributed by atoms with Crippen molar-refractivity contribution in [1.29, 1.82) is 0 Å². The smallest absolute Gasteiger partial charge is 0.307 e. The maximum Gasteiger partial charge on any atom is 0.307 e. The molecule has 0 fully saturated rings. The second kappa shape index (κ2) is 10.3. The fraction of sp³-hybridized carbons (Fsp3) is 0.333. The average Bonchev–Trinajstić information content (AvgIpc) is 3.09. The maximum atomic E-state index is 11.9. The van der Waals surface area contributed by atoms with Gasteiger partial charge in [0, 0.05) is 36.3 Å². The summed E-state index contributed by atoms with van der Waals surface area (Å²) >= 11 is 6.02. The molecule has 3 rings (SSSR count). The molecule has 1 N–H and O–H groups in total. The summed E-state index contributed by atoms with van der Waals surface area (Å²) in [6, 6.07) is 17.6. The Morgan fingerprint density at radius 1 is 1.07 bits per heavy atom. The molecule has 5 heteroatoms. The zero-order chi connectivity index (χ0) is 20.6. The summed E-state index contributed by atoms with van der Waals surface area (Å²) < 4.78 is 2.18. The number of benzene rings is 2. The van der Waals surface area contributed by atoms with Gasteiger partial charge < -0.3 is 9.67 Å². The van der Waals surface area contributed by atoms with Crippen LogP contribution in [0.3, 0.4) is 0 Å². The largest absolute Gasteiger partial charge is 0.481 e. The first kappa shape index (κ1) is 21.1. The van der Waals surface area contributed by atoms with E-state index in [0.29, 0.717) is 24.4 Å². The minimum absolute atomic E-state index is 0.455. The Kier molecular flexibility index (Phi) is 7.48. The average molecular weight is 411 g/mol. The lowest BCUT2D eigenvalue weighted by molar-refractivity contribution is -0.141. The van der Waals surface area contributed by atoms with Gasteiger partial charge in [0.2, 0.25) is 0 Å². The van der Waals surface area contributed by atoms with E-state index in [2.05, 4.69) is 16.5 Å². The molecule has 0 saturated heterocycles. The molecule has 29 heavy (non-hydrogen) atoms. The number of carbonyl (C=O) groups is 1. The van der Waals surface area contributed by atoms with Gasteiger partial charge in [-0.1, -0.05) is 67.4 Å². The highest BCUT2D eigenvalue weighted by atomic mass is 35.5. The van der Waals surface area contributed by atoms with Gasteiger partial charge in [-0.2, -0.15) is 0 Å². The molecule has 0 spiro atoms. The predicted octanol–water partition coefficient (Wildman–Crippen LogP) is 5.41. The van der Waals surface area contributed by atoms with Gasteiger partial charge in [0.25, 0.3) is 0 Å². The second-order valence-electron chi connectivity index (χ2n) is 7.41. The topological polar surface area (TPSA) is 55.1 Å². The van der Waals surface area contributed by atoms with E-state index in [0.717, 1.165) is 41.9 Å². The molecule has 4 nitrogen and oxygen atoms in total. The highest BCUT2D eigenvalue weighted by molar-refractivity contribution is 6.30. The Labute approximate surface area is 177 Å². The Morgan fingerprint density at radius 3 is 2.45 bits per heavy atom. The summed E-state index contributed by atoms with van der Waals surface area (Å²) in [4.78, 5) is 16.6. The molecule has 3 aromatic rings. The second-order valence-corrected chi connectivity index (χ2v) is 7.85. The number of unbranched alkanes of at least 4 members (excludes halogenated alkanes) is 1. The Morgan fingerprint density at radius 2 is 1.79 bits per heavy atom. The molecular weight excluding hydrogens is 384 g/mol. The van der Waals surface area contributed by atoms with Crippen LogP contribution in [0.25, 0.3) is 0 Å². The van der Waals surface area contributed by atoms with Crippen LogP contribution in [0, 0.1) is 5.92 Å². The van der Waals surface area contributed by atoms with Gasteiger partial charge in [-0.25, -0.2) is 4.98 Å². The number of nitrogens with zero attached hydrogens (tertiary/aromatic N) is 2. The fourth-order valence-electron chi connectivity index (χ4n) is 3.51. The van der Waals surface area contributed by atoms with Gasteiger partial charge in [0.05, 0.1) is 5.92 Å². The lowest BCUT2D eigenvalue weighted by Gasteiger charge is -2.16. The number of rotatable bonds is 10. The molecule has 0 amide bonds. The molecule has 0 aliphatic carbocycles. The maximum absolute atomic E-state index is 11.9. The first-order valence-corrected chi connectivity index (χ1v) is 10.5. The van der Waals surface area contributed by atoms with E-state index in [1.54, 1.807) is 0 Å². The summed E-state index contributed by atoms with van der Waals surface area (Å²) in [7, 11) is 0. The molecule has 1 atom stereocenters. The van der Waals surface area contributed by atoms with E-state index in [9.17, 15) is 9.90 Å². The van der Waals surface area contributed by atoms with Crippen molar-refractivity contribution < 1.29 is 9.90 Å². The van der Waals surface area contributed by atoms with Crippen LogP contribution in [0.1, 0.15) is 42.4 Å². The van der Waals surface area contributed by atoms with Crippen molar-refractivity contribution in [2.45, 2.75) is 45.6 Å². The van der Waals surface area contributed by atoms with Crippen LogP contribution in [0.2, 0.25) is 5.02 Å². The third kappa shape index (κ3) is 5.94. The molecule has 0 saturated carbocycles. The number of halogens is 1. The minimum atomic E-state index is -0.775. The van der Waals surface area contributed by atoms with Crippen molar-refractivity contribution in [1.82, 2.24) is 9.55 Å². The van der Waals surface area contributed by atoms with E-state index in [-0.39, 0.29) is 0 Å². The first-order chi connectivity index (χ1) is 14.1. The number of imidazole rings is 1. The highest BCUT2D eigenvalue weighted by Crippen LogP contribution is 2.20. The molecular formula is C24H27ClN2O2. The van der Waals surface area contributed by atoms with E-state index < -0.39 is 11.9 Å². The zero-order valence-corrected chi connectivity index (χ0v) is 17.5. The van der Waals surface area contributed by atoms with Crippen LogP contribution in [-0.4, -0.2) is 20.6 Å². The Balaban J connectivity index is 1.85. The van der Waals surface area contributed by atoms with Crippen molar-refractivity contribution in [3.63, 3.8) is 0 Å². The van der Waals surface area contributed by atoms with Crippen LogP contribution in [-0.2, 0) is 30.6 Å². The summed E-state index contributed by atoms with van der Waals surface area (Å²) in [5.41, 5.74) is 3.13. The van der Waals surface area contributed by atoms with E-state index in [1.807, 2.05) is 60.8 Å². The lowest BCUT2D eigenvalue weighted by atomic mass is 9.95. The van der Waals surface area contributed by atoms with Gasteiger partial charge in [-0.05, 0) is 36.1 Å². The molecule has 0 aliphatic rings. The summed E-state index contributed by atoms with van der Waals surface area (Å²) in [5.74, 6) is -0.249. The van der Waals surface area contributed by atoms with Crippen LogP contribution in [0.15, 0.2) is 60.8 Å². The number of carboxylic acid groups (broad SMARTS) is 1. The summed E-state index contributed by atoms with van der Waals surface area (Å²) in [6.45, 7) is 2.83. The molecule has 1 heterocycles. The van der Waals surface area contributed by atoms with Gasteiger partial charge >= 0.3 is 5.97 Å². The highest BCUT2D eigenvalue weighted by Gasteiger charge is 2.22. The Bertz CT molecular complexity index is 920. The van der Waals surface area contributed by atoms with E-state index in [1.165, 1.54) is 0 Å². The zero-order valence-electron chi connectivity index (χ0n) is 16.7. The molecule has 2 aromatic carbocycles. The number of aromatic nitrogens is 2. The summed E-state index contributed by atoms with van der Waals surface area (Å²) in [6.07, 6.45) is 5.85. The Hall–Kier alpha value is -2.59. The molecule has 0 radical (unpaired) electrons. The number of aryl methyl sites for hydroxylation is 1. The lowest BCUT2D eigenvalue weighted by Crippen LogP contribution is -2.21. The molecule has 152 valence electrons. The summed E-state index contributed by atoms with van der Waals surface area (Å²) in [5, 5.41) is 10.5. The fourth-order valence-corrected chi connectivity index (χ4v) is 3.64. The van der Waals surface area contributed by atoms with Crippen LogP contribution < -0.4 is 0 Å². The van der Waals surface area contributed by atoms with Crippen LogP contribution >= 0.6 is 11.6 Å². The molecule has 1 aromatic heterocycles. The third-order valence-electron chi connectivity index (χ3n) is 5.16. The van der Waals surface area contributed by atoms with Crippen LogP contribution in [0.5, 0.6) is 0 Å². The van der Waals surface area contributed by atoms with Crippen molar-refractivity contribution in [3.05, 3.63) is 88.5 Å². The SMILES string of the molecule is CCCCc1ncc(CC(Cc2ccccc2)C(=O)O)n1Cc1ccc(Cl)cc1. The molecule has 1 unspecified atom stereocenters. The number of hydrogen-bond donors (Lipinski definition) is 1. The monoisotopic (exact) mass is 410 g/mol. The van der Waals surface area contributed by atoms with Gasteiger partial charge in [-0.3, -0.25) is 4.79 Å². The minimum Gasteiger partial charge on any atom is -0.481 e. The molecule has 0 aliphatic heterocycles. The first-order valence-electron chi connectivity index (χ1n) is 10.1. The van der Waals surface area contributed by atoms with E-state index >= 15 is 0 Å². The van der Waals surface area contributed by atoms with Crippen molar-refractivity contribution in [3.8, 4) is 0 Å². The van der Waals surface area contributed by atoms with Gasteiger partial charge in [0.15, 0.2) is 0 Å². The van der Waals surface area contributed by atoms with Gasteiger partial charge in [-0.15, -0.1) is 0 Å². The number of carboxylic acids is 1. The van der Waals surface area contributed by atoms with Crippen molar-refractivity contribution in [2.75, 3.05) is 0 Å². The standard InChI is InChI=1S/C24H27ClN2O2/c1-2-3-9-23-26-16-22(27(23)17-19-10-12-21(25)13-11-19)15-20(24(28)29)14-18-7-5-4-6-8-18/h4-8,10-13,16,20H,2-3,9,14-15,17H2,1H3,(H,28,29). The van der Waals surface area contributed by atoms with E-state index in [4.69, 9.17) is 11.6 Å². The quantitative estimate of drug-likeness (QED) is 0.486. The predicted molar refractivity (Wildman–Crippen MR) is 116 cm³/mol. The third-order valence-corrected chi connectivity index (χ3v) is 5.41.